The second kappa shape index (κ2) is 9.73. The first-order chi connectivity index (χ1) is 13.7. The van der Waals surface area contributed by atoms with Gasteiger partial charge in [-0.1, -0.05) is 37.2 Å². The Morgan fingerprint density at radius 1 is 1.14 bits per heavy atom. The number of aromatic nitrogens is 3. The van der Waals surface area contributed by atoms with Crippen LogP contribution >= 0.6 is 0 Å². The fourth-order valence-electron chi connectivity index (χ4n) is 3.06. The lowest BCUT2D eigenvalue weighted by Gasteiger charge is -2.09. The summed E-state index contributed by atoms with van der Waals surface area (Å²) >= 11 is 0. The molecule has 0 bridgehead atoms. The average molecular weight is 380 g/mol. The largest absolute Gasteiger partial charge is 0.359 e. The standard InChI is InChI=1S/C21H28N6O/c1-4-17(5-2)20-11-19(28-26-20)14-24-21(22-3)23-12-16-13-25-27(15-16)18-9-7-6-8-10-18/h6-11,13,15,17H,4-5,12,14H2,1-3H3,(H2,22,23,24). The molecule has 0 unspecified atom stereocenters. The predicted octanol–water partition coefficient (Wildman–Crippen LogP) is 3.63. The summed E-state index contributed by atoms with van der Waals surface area (Å²) in [6, 6.07) is 12.1. The molecule has 1 aromatic carbocycles. The van der Waals surface area contributed by atoms with Gasteiger partial charge in [-0.2, -0.15) is 5.10 Å². The summed E-state index contributed by atoms with van der Waals surface area (Å²) in [5.74, 6) is 1.96. The summed E-state index contributed by atoms with van der Waals surface area (Å²) in [7, 11) is 1.75. The highest BCUT2D eigenvalue weighted by Crippen LogP contribution is 2.22. The molecule has 7 heteroatoms. The molecule has 0 aliphatic rings. The lowest BCUT2D eigenvalue weighted by Crippen LogP contribution is -2.36. The van der Waals surface area contributed by atoms with Crippen molar-refractivity contribution in [1.82, 2.24) is 25.6 Å². The summed E-state index contributed by atoms with van der Waals surface area (Å²) < 4.78 is 7.31. The first-order valence-electron chi connectivity index (χ1n) is 9.72. The van der Waals surface area contributed by atoms with E-state index < -0.39 is 0 Å². The Morgan fingerprint density at radius 2 is 1.89 bits per heavy atom. The zero-order chi connectivity index (χ0) is 19.8. The molecule has 148 valence electrons. The van der Waals surface area contributed by atoms with Crippen molar-refractivity contribution < 1.29 is 4.52 Å². The van der Waals surface area contributed by atoms with Crippen LogP contribution in [0, 0.1) is 0 Å². The molecule has 2 aromatic heterocycles. The Balaban J connectivity index is 1.51. The summed E-state index contributed by atoms with van der Waals surface area (Å²) in [5, 5.41) is 15.2. The molecule has 0 saturated heterocycles. The summed E-state index contributed by atoms with van der Waals surface area (Å²) in [5.41, 5.74) is 3.13. The van der Waals surface area contributed by atoms with Crippen LogP contribution in [0.1, 0.15) is 49.6 Å². The highest BCUT2D eigenvalue weighted by molar-refractivity contribution is 5.79. The number of hydrogen-bond acceptors (Lipinski definition) is 4. The SMILES string of the molecule is CCC(CC)c1cc(CNC(=NC)NCc2cnn(-c3ccccc3)c2)on1. The van der Waals surface area contributed by atoms with Crippen molar-refractivity contribution in [1.29, 1.82) is 0 Å². The summed E-state index contributed by atoms with van der Waals surface area (Å²) in [6.45, 7) is 5.51. The minimum absolute atomic E-state index is 0.455. The van der Waals surface area contributed by atoms with Crippen molar-refractivity contribution in [3.8, 4) is 5.69 Å². The van der Waals surface area contributed by atoms with Crippen LogP contribution < -0.4 is 10.6 Å². The summed E-state index contributed by atoms with van der Waals surface area (Å²) in [4.78, 5) is 4.26. The zero-order valence-corrected chi connectivity index (χ0v) is 16.7. The Labute approximate surface area is 165 Å². The number of aliphatic imine (C=N–C) groups is 1. The smallest absolute Gasteiger partial charge is 0.191 e. The topological polar surface area (TPSA) is 80.3 Å². The second-order valence-electron chi connectivity index (χ2n) is 6.64. The zero-order valence-electron chi connectivity index (χ0n) is 16.7. The lowest BCUT2D eigenvalue weighted by molar-refractivity contribution is 0.368. The third kappa shape index (κ3) is 5.00. The van der Waals surface area contributed by atoms with Crippen LogP contribution in [-0.2, 0) is 13.1 Å². The predicted molar refractivity (Wildman–Crippen MR) is 110 cm³/mol. The van der Waals surface area contributed by atoms with Gasteiger partial charge in [0.15, 0.2) is 11.7 Å². The van der Waals surface area contributed by atoms with Gasteiger partial charge in [0, 0.05) is 37.3 Å². The van der Waals surface area contributed by atoms with E-state index in [-0.39, 0.29) is 0 Å². The molecule has 2 heterocycles. The number of benzene rings is 1. The molecule has 3 rings (SSSR count). The van der Waals surface area contributed by atoms with Crippen molar-refractivity contribution in [3.05, 3.63) is 65.8 Å². The average Bonchev–Trinajstić information content (AvgIpc) is 3.40. The maximum Gasteiger partial charge on any atom is 0.191 e. The molecule has 0 amide bonds. The fourth-order valence-corrected chi connectivity index (χ4v) is 3.06. The van der Waals surface area contributed by atoms with Crippen molar-refractivity contribution in [2.45, 2.75) is 45.7 Å². The number of nitrogens with one attached hydrogen (secondary N) is 2. The van der Waals surface area contributed by atoms with Crippen molar-refractivity contribution in [3.63, 3.8) is 0 Å². The third-order valence-electron chi connectivity index (χ3n) is 4.75. The van der Waals surface area contributed by atoms with Crippen molar-refractivity contribution in [2.75, 3.05) is 7.05 Å². The minimum Gasteiger partial charge on any atom is -0.359 e. The molecule has 0 radical (unpaired) electrons. The van der Waals surface area contributed by atoms with Crippen LogP contribution in [0.15, 0.2) is 58.3 Å². The number of rotatable bonds is 8. The molecule has 0 spiro atoms. The van der Waals surface area contributed by atoms with E-state index >= 15 is 0 Å². The first-order valence-corrected chi connectivity index (χ1v) is 9.72. The Hall–Kier alpha value is -3.09. The highest BCUT2D eigenvalue weighted by Gasteiger charge is 2.13. The van der Waals surface area contributed by atoms with Crippen LogP contribution in [0.25, 0.3) is 5.69 Å². The van der Waals surface area contributed by atoms with E-state index in [0.717, 1.165) is 35.5 Å². The van der Waals surface area contributed by atoms with Gasteiger partial charge >= 0.3 is 0 Å². The van der Waals surface area contributed by atoms with Gasteiger partial charge in [-0.3, -0.25) is 4.99 Å². The molecule has 7 nitrogen and oxygen atoms in total. The Kier molecular flexibility index (Phi) is 6.84. The second-order valence-corrected chi connectivity index (χ2v) is 6.64. The quantitative estimate of drug-likeness (QED) is 0.461. The lowest BCUT2D eigenvalue weighted by atomic mass is 9.99. The normalized spacial score (nSPS) is 11.8. The molecular weight excluding hydrogens is 352 g/mol. The van der Waals surface area contributed by atoms with Gasteiger partial charge < -0.3 is 15.2 Å². The number of hydrogen-bond donors (Lipinski definition) is 2. The molecule has 0 saturated carbocycles. The van der Waals surface area contributed by atoms with E-state index in [1.807, 2.05) is 53.5 Å². The van der Waals surface area contributed by atoms with Crippen LogP contribution in [0.5, 0.6) is 0 Å². The van der Waals surface area contributed by atoms with Gasteiger partial charge in [0.1, 0.15) is 0 Å². The maximum atomic E-state index is 5.45. The van der Waals surface area contributed by atoms with Crippen LogP contribution in [0.4, 0.5) is 0 Å². The van der Waals surface area contributed by atoms with Crippen LogP contribution in [0.3, 0.4) is 0 Å². The molecule has 0 aliphatic heterocycles. The van der Waals surface area contributed by atoms with E-state index in [0.29, 0.717) is 25.0 Å². The minimum atomic E-state index is 0.455. The monoisotopic (exact) mass is 380 g/mol. The maximum absolute atomic E-state index is 5.45. The first kappa shape index (κ1) is 19.7. The molecule has 28 heavy (non-hydrogen) atoms. The molecule has 0 fully saturated rings. The van der Waals surface area contributed by atoms with E-state index in [1.54, 1.807) is 7.05 Å². The van der Waals surface area contributed by atoms with Gasteiger partial charge in [-0.15, -0.1) is 0 Å². The van der Waals surface area contributed by atoms with Gasteiger partial charge in [0.2, 0.25) is 0 Å². The van der Waals surface area contributed by atoms with E-state index in [9.17, 15) is 0 Å². The van der Waals surface area contributed by atoms with Gasteiger partial charge in [-0.05, 0) is 25.0 Å². The van der Waals surface area contributed by atoms with Gasteiger partial charge in [0.05, 0.1) is 24.1 Å². The number of para-hydroxylation sites is 1. The van der Waals surface area contributed by atoms with Crippen LogP contribution in [-0.4, -0.2) is 27.9 Å². The molecule has 0 aliphatic carbocycles. The van der Waals surface area contributed by atoms with E-state index in [4.69, 9.17) is 4.52 Å². The molecule has 0 atom stereocenters. The van der Waals surface area contributed by atoms with E-state index in [1.165, 1.54) is 0 Å². The Morgan fingerprint density at radius 3 is 2.61 bits per heavy atom. The number of nitrogens with zero attached hydrogens (tertiary/aromatic N) is 4. The van der Waals surface area contributed by atoms with Crippen molar-refractivity contribution in [2.24, 2.45) is 4.99 Å². The molecular formula is C21H28N6O. The molecule has 3 aromatic rings. The molecule has 2 N–H and O–H groups in total. The summed E-state index contributed by atoms with van der Waals surface area (Å²) in [6.07, 6.45) is 5.99. The fraction of sp³-hybridized carbons (Fsp3) is 0.381. The Bertz CT molecular complexity index is 879. The van der Waals surface area contributed by atoms with Gasteiger partial charge in [0.25, 0.3) is 0 Å². The number of guanidine groups is 1. The van der Waals surface area contributed by atoms with Crippen LogP contribution in [0.2, 0.25) is 0 Å². The van der Waals surface area contributed by atoms with E-state index in [2.05, 4.69) is 39.7 Å². The van der Waals surface area contributed by atoms with Gasteiger partial charge in [-0.25, -0.2) is 4.68 Å². The van der Waals surface area contributed by atoms with Crippen molar-refractivity contribution >= 4 is 5.96 Å². The third-order valence-corrected chi connectivity index (χ3v) is 4.75. The highest BCUT2D eigenvalue weighted by atomic mass is 16.5.